The van der Waals surface area contributed by atoms with Crippen molar-refractivity contribution in [1.82, 2.24) is 10.2 Å². The predicted molar refractivity (Wildman–Crippen MR) is 107 cm³/mol. The normalized spacial score (nSPS) is 17.2. The third-order valence-corrected chi connectivity index (χ3v) is 6.53. The first kappa shape index (κ1) is 19.1. The van der Waals surface area contributed by atoms with E-state index in [0.717, 1.165) is 42.9 Å². The van der Waals surface area contributed by atoms with Gasteiger partial charge in [-0.05, 0) is 50.8 Å². The average molecular weight is 373 g/mol. The molecule has 0 radical (unpaired) electrons. The van der Waals surface area contributed by atoms with Crippen LogP contribution < -0.4 is 5.32 Å². The third kappa shape index (κ3) is 4.34. The molecule has 1 aromatic carbocycles. The first-order chi connectivity index (χ1) is 12.4. The molecule has 0 saturated carbocycles. The number of aryl methyl sites for hydroxylation is 3. The summed E-state index contributed by atoms with van der Waals surface area (Å²) in [6.45, 7) is 9.28. The Morgan fingerprint density at radius 2 is 1.85 bits per heavy atom. The minimum absolute atomic E-state index is 0.0133. The van der Waals surface area contributed by atoms with Crippen LogP contribution in [0.4, 0.5) is 0 Å². The number of carbonyl (C=O) groups excluding carboxylic acids is 1. The molecule has 3 rings (SSSR count). The van der Waals surface area contributed by atoms with E-state index in [0.29, 0.717) is 6.54 Å². The van der Waals surface area contributed by atoms with Crippen LogP contribution >= 0.6 is 11.3 Å². The van der Waals surface area contributed by atoms with Gasteiger partial charge in [-0.15, -0.1) is 11.3 Å². The summed E-state index contributed by atoms with van der Waals surface area (Å²) in [7, 11) is 0. The number of amides is 1. The van der Waals surface area contributed by atoms with Gasteiger partial charge in [0.2, 0.25) is 0 Å². The van der Waals surface area contributed by atoms with Crippen LogP contribution in [0.25, 0.3) is 0 Å². The quantitative estimate of drug-likeness (QED) is 0.846. The van der Waals surface area contributed by atoms with Crippen molar-refractivity contribution >= 4 is 17.2 Å². The molecule has 0 spiro atoms. The molecule has 140 valence electrons. The van der Waals surface area contributed by atoms with Crippen molar-refractivity contribution < 1.29 is 9.90 Å². The minimum atomic E-state index is -0.723. The molecular weight excluding hydrogens is 344 g/mol. The van der Waals surface area contributed by atoms with Crippen molar-refractivity contribution in [1.29, 1.82) is 0 Å². The SMILES string of the molecule is Cc1ccc(C2(O)CCN(CCNC(=O)c3cc(C)c(C)s3)CC2)cc1. The fraction of sp³-hybridized carbons (Fsp3) is 0.476. The number of rotatable bonds is 5. The van der Waals surface area contributed by atoms with E-state index in [1.54, 1.807) is 11.3 Å². The van der Waals surface area contributed by atoms with Gasteiger partial charge in [0, 0.05) is 31.1 Å². The lowest BCUT2D eigenvalue weighted by Crippen LogP contribution is -2.45. The Morgan fingerprint density at radius 1 is 1.19 bits per heavy atom. The molecule has 4 nitrogen and oxygen atoms in total. The number of aliphatic hydroxyl groups is 1. The first-order valence-corrected chi connectivity index (χ1v) is 10.1. The van der Waals surface area contributed by atoms with E-state index in [4.69, 9.17) is 0 Å². The number of nitrogens with one attached hydrogen (secondary N) is 1. The van der Waals surface area contributed by atoms with Crippen molar-refractivity contribution in [2.75, 3.05) is 26.2 Å². The third-order valence-electron chi connectivity index (χ3n) is 5.38. The lowest BCUT2D eigenvalue weighted by Gasteiger charge is -2.38. The summed E-state index contributed by atoms with van der Waals surface area (Å²) in [5.74, 6) is 0.0133. The number of thiophene rings is 1. The zero-order chi connectivity index (χ0) is 18.7. The number of piperidine rings is 1. The van der Waals surface area contributed by atoms with Crippen molar-refractivity contribution in [3.8, 4) is 0 Å². The Hall–Kier alpha value is -1.69. The fourth-order valence-corrected chi connectivity index (χ4v) is 4.35. The molecule has 0 bridgehead atoms. The van der Waals surface area contributed by atoms with Gasteiger partial charge in [-0.3, -0.25) is 4.79 Å². The van der Waals surface area contributed by atoms with E-state index >= 15 is 0 Å². The summed E-state index contributed by atoms with van der Waals surface area (Å²) in [6, 6.07) is 10.1. The van der Waals surface area contributed by atoms with Gasteiger partial charge in [-0.1, -0.05) is 29.8 Å². The van der Waals surface area contributed by atoms with E-state index in [1.165, 1.54) is 16.0 Å². The summed E-state index contributed by atoms with van der Waals surface area (Å²) in [5.41, 5.74) is 2.67. The predicted octanol–water partition coefficient (Wildman–Crippen LogP) is 3.39. The van der Waals surface area contributed by atoms with Gasteiger partial charge < -0.3 is 15.3 Å². The maximum atomic E-state index is 12.2. The summed E-state index contributed by atoms with van der Waals surface area (Å²) in [6.07, 6.45) is 1.46. The Kier molecular flexibility index (Phi) is 5.80. The molecule has 1 aliphatic rings. The molecule has 26 heavy (non-hydrogen) atoms. The number of benzene rings is 1. The van der Waals surface area contributed by atoms with Gasteiger partial charge in [0.15, 0.2) is 0 Å². The molecule has 1 fully saturated rings. The second kappa shape index (κ2) is 7.91. The van der Waals surface area contributed by atoms with Crippen LogP contribution in [0.1, 0.15) is 44.1 Å². The number of likely N-dealkylation sites (tertiary alicyclic amines) is 1. The van der Waals surface area contributed by atoms with E-state index < -0.39 is 5.60 Å². The standard InChI is InChI=1S/C21H28N2O2S/c1-15-4-6-18(7-5-15)21(25)8-11-23(12-9-21)13-10-22-20(24)19-14-16(2)17(3)26-19/h4-7,14,25H,8-13H2,1-3H3,(H,22,24). The van der Waals surface area contributed by atoms with E-state index in [9.17, 15) is 9.90 Å². The molecule has 1 aliphatic heterocycles. The Bertz CT molecular complexity index is 739. The molecule has 2 aromatic rings. The zero-order valence-corrected chi connectivity index (χ0v) is 16.7. The number of carbonyl (C=O) groups is 1. The summed E-state index contributed by atoms with van der Waals surface area (Å²) in [4.78, 5) is 16.5. The number of nitrogens with zero attached hydrogens (tertiary/aromatic N) is 1. The smallest absolute Gasteiger partial charge is 0.261 e. The van der Waals surface area contributed by atoms with E-state index in [2.05, 4.69) is 29.3 Å². The second-order valence-electron chi connectivity index (χ2n) is 7.35. The van der Waals surface area contributed by atoms with Crippen molar-refractivity contribution in [2.45, 2.75) is 39.2 Å². The average Bonchev–Trinajstić information content (AvgIpc) is 2.96. The maximum Gasteiger partial charge on any atom is 0.261 e. The lowest BCUT2D eigenvalue weighted by atomic mass is 9.84. The highest BCUT2D eigenvalue weighted by Crippen LogP contribution is 2.32. The van der Waals surface area contributed by atoms with Crippen molar-refractivity contribution in [3.05, 3.63) is 56.8 Å². The highest BCUT2D eigenvalue weighted by atomic mass is 32.1. The minimum Gasteiger partial charge on any atom is -0.385 e. The van der Waals surface area contributed by atoms with Crippen LogP contribution in [0, 0.1) is 20.8 Å². The zero-order valence-electron chi connectivity index (χ0n) is 15.8. The Morgan fingerprint density at radius 3 is 2.42 bits per heavy atom. The Balaban J connectivity index is 1.45. The lowest BCUT2D eigenvalue weighted by molar-refractivity contribution is -0.0255. The van der Waals surface area contributed by atoms with Crippen LogP contribution in [-0.2, 0) is 5.60 Å². The fourth-order valence-electron chi connectivity index (χ4n) is 3.40. The number of hydrogen-bond acceptors (Lipinski definition) is 4. The summed E-state index contributed by atoms with van der Waals surface area (Å²) < 4.78 is 0. The van der Waals surface area contributed by atoms with Gasteiger partial charge >= 0.3 is 0 Å². The van der Waals surface area contributed by atoms with E-state index in [1.807, 2.05) is 32.0 Å². The van der Waals surface area contributed by atoms with E-state index in [-0.39, 0.29) is 5.91 Å². The van der Waals surface area contributed by atoms with Gasteiger partial charge in [0.25, 0.3) is 5.91 Å². The van der Waals surface area contributed by atoms with Crippen LogP contribution in [0.15, 0.2) is 30.3 Å². The maximum absolute atomic E-state index is 12.2. The topological polar surface area (TPSA) is 52.6 Å². The highest BCUT2D eigenvalue weighted by molar-refractivity contribution is 7.14. The van der Waals surface area contributed by atoms with Gasteiger partial charge in [0.05, 0.1) is 10.5 Å². The second-order valence-corrected chi connectivity index (χ2v) is 8.60. The molecule has 2 N–H and O–H groups in total. The molecule has 1 amide bonds. The molecule has 2 heterocycles. The highest BCUT2D eigenvalue weighted by Gasteiger charge is 2.33. The van der Waals surface area contributed by atoms with Crippen LogP contribution in [0.2, 0.25) is 0 Å². The molecular formula is C21H28N2O2S. The summed E-state index contributed by atoms with van der Waals surface area (Å²) in [5, 5.41) is 14.0. The number of hydrogen-bond donors (Lipinski definition) is 2. The van der Waals surface area contributed by atoms with Crippen LogP contribution in [-0.4, -0.2) is 42.1 Å². The first-order valence-electron chi connectivity index (χ1n) is 9.24. The van der Waals surface area contributed by atoms with Crippen molar-refractivity contribution in [2.24, 2.45) is 0 Å². The molecule has 0 atom stereocenters. The van der Waals surface area contributed by atoms with Gasteiger partial charge in [-0.2, -0.15) is 0 Å². The molecule has 1 saturated heterocycles. The van der Waals surface area contributed by atoms with Gasteiger partial charge in [-0.25, -0.2) is 0 Å². The van der Waals surface area contributed by atoms with Crippen LogP contribution in [0.5, 0.6) is 0 Å². The largest absolute Gasteiger partial charge is 0.385 e. The Labute approximate surface area is 159 Å². The van der Waals surface area contributed by atoms with Crippen LogP contribution in [0.3, 0.4) is 0 Å². The molecule has 0 unspecified atom stereocenters. The monoisotopic (exact) mass is 372 g/mol. The van der Waals surface area contributed by atoms with Gasteiger partial charge in [0.1, 0.15) is 0 Å². The molecule has 5 heteroatoms. The summed E-state index contributed by atoms with van der Waals surface area (Å²) >= 11 is 1.55. The molecule has 1 aromatic heterocycles. The molecule has 0 aliphatic carbocycles. The van der Waals surface area contributed by atoms with Crippen molar-refractivity contribution in [3.63, 3.8) is 0 Å².